The third kappa shape index (κ3) is 4.73. The molecule has 0 unspecified atom stereocenters. The lowest BCUT2D eigenvalue weighted by atomic mass is 10.2. The number of thiazole rings is 1. The van der Waals surface area contributed by atoms with E-state index in [9.17, 15) is 9.59 Å². The molecule has 0 saturated carbocycles. The summed E-state index contributed by atoms with van der Waals surface area (Å²) >= 11 is 1.03. The molecule has 2 rings (SSSR count). The maximum absolute atomic E-state index is 12.2. The summed E-state index contributed by atoms with van der Waals surface area (Å²) in [6.07, 6.45) is 2.82. The van der Waals surface area contributed by atoms with Crippen molar-refractivity contribution in [2.75, 3.05) is 32.8 Å². The molecular formula is C14H15N3O5S. The Balaban J connectivity index is 2.01. The number of ether oxygens (including phenoxy) is 3. The van der Waals surface area contributed by atoms with Crippen LogP contribution in [0.2, 0.25) is 0 Å². The van der Waals surface area contributed by atoms with E-state index in [1.165, 1.54) is 25.6 Å². The summed E-state index contributed by atoms with van der Waals surface area (Å²) in [7, 11) is 2.85. The monoisotopic (exact) mass is 337 g/mol. The molecule has 23 heavy (non-hydrogen) atoms. The van der Waals surface area contributed by atoms with Gasteiger partial charge in [0.15, 0.2) is 5.13 Å². The highest BCUT2D eigenvalue weighted by atomic mass is 32.1. The molecule has 0 aliphatic rings. The predicted molar refractivity (Wildman–Crippen MR) is 83.0 cm³/mol. The quantitative estimate of drug-likeness (QED) is 0.605. The van der Waals surface area contributed by atoms with E-state index in [1.54, 1.807) is 13.2 Å². The number of hydrogen-bond acceptors (Lipinski definition) is 8. The lowest BCUT2D eigenvalue weighted by molar-refractivity contribution is 0.0606. The Morgan fingerprint density at radius 3 is 2.83 bits per heavy atom. The molecule has 1 amide bonds. The number of amides is 1. The van der Waals surface area contributed by atoms with Crippen LogP contribution in [0.5, 0.6) is 5.88 Å². The van der Waals surface area contributed by atoms with Crippen molar-refractivity contribution in [1.29, 1.82) is 0 Å². The molecule has 0 spiro atoms. The van der Waals surface area contributed by atoms with Crippen molar-refractivity contribution in [3.05, 3.63) is 35.0 Å². The molecule has 0 fully saturated rings. The molecule has 2 heterocycles. The van der Waals surface area contributed by atoms with Crippen LogP contribution >= 0.6 is 11.3 Å². The summed E-state index contributed by atoms with van der Waals surface area (Å²) in [4.78, 5) is 31.8. The number of nitrogens with zero attached hydrogens (tertiary/aromatic N) is 2. The Bertz CT molecular complexity index is 689. The third-order valence-corrected chi connectivity index (χ3v) is 3.54. The van der Waals surface area contributed by atoms with Crippen LogP contribution in [0.4, 0.5) is 5.13 Å². The fourth-order valence-corrected chi connectivity index (χ4v) is 2.28. The molecule has 122 valence electrons. The number of pyridine rings is 1. The van der Waals surface area contributed by atoms with Crippen LogP contribution in [0.1, 0.15) is 20.0 Å². The van der Waals surface area contributed by atoms with Gasteiger partial charge in [-0.3, -0.25) is 10.1 Å². The number of anilines is 1. The molecule has 0 radical (unpaired) electrons. The van der Waals surface area contributed by atoms with Crippen molar-refractivity contribution in [2.24, 2.45) is 0 Å². The fourth-order valence-electron chi connectivity index (χ4n) is 1.56. The van der Waals surface area contributed by atoms with Gasteiger partial charge < -0.3 is 14.2 Å². The molecular weight excluding hydrogens is 322 g/mol. The molecule has 0 aliphatic carbocycles. The minimum absolute atomic E-state index is 0.300. The van der Waals surface area contributed by atoms with Gasteiger partial charge in [0.05, 0.1) is 19.9 Å². The van der Waals surface area contributed by atoms with Crippen molar-refractivity contribution in [2.45, 2.75) is 0 Å². The maximum Gasteiger partial charge on any atom is 0.349 e. The van der Waals surface area contributed by atoms with Crippen molar-refractivity contribution in [3.8, 4) is 5.88 Å². The lowest BCUT2D eigenvalue weighted by Gasteiger charge is -2.06. The smallest absolute Gasteiger partial charge is 0.349 e. The Morgan fingerprint density at radius 1 is 1.26 bits per heavy atom. The number of hydrogen-bond donors (Lipinski definition) is 1. The van der Waals surface area contributed by atoms with Crippen LogP contribution in [-0.2, 0) is 9.47 Å². The molecule has 0 aromatic carbocycles. The van der Waals surface area contributed by atoms with E-state index >= 15 is 0 Å². The summed E-state index contributed by atoms with van der Waals surface area (Å²) in [5, 5.41) is 2.90. The van der Waals surface area contributed by atoms with Crippen molar-refractivity contribution < 1.29 is 23.8 Å². The normalized spacial score (nSPS) is 10.2. The number of esters is 1. The van der Waals surface area contributed by atoms with E-state index in [0.29, 0.717) is 34.7 Å². The second kappa shape index (κ2) is 8.20. The number of carbonyl (C=O) groups is 2. The van der Waals surface area contributed by atoms with Crippen LogP contribution in [0.15, 0.2) is 24.5 Å². The lowest BCUT2D eigenvalue weighted by Crippen LogP contribution is -2.12. The predicted octanol–water partition coefficient (Wildman–Crippen LogP) is 1.60. The average molecular weight is 337 g/mol. The van der Waals surface area contributed by atoms with Crippen LogP contribution in [0.25, 0.3) is 0 Å². The Hall–Kier alpha value is -2.52. The van der Waals surface area contributed by atoms with Crippen molar-refractivity contribution >= 4 is 28.3 Å². The maximum atomic E-state index is 12.2. The van der Waals surface area contributed by atoms with E-state index in [0.717, 1.165) is 11.3 Å². The summed E-state index contributed by atoms with van der Waals surface area (Å²) in [6.45, 7) is 0.761. The zero-order valence-electron chi connectivity index (χ0n) is 12.6. The van der Waals surface area contributed by atoms with Gasteiger partial charge in [-0.05, 0) is 6.07 Å². The average Bonchev–Trinajstić information content (AvgIpc) is 3.03. The highest BCUT2D eigenvalue weighted by Crippen LogP contribution is 2.20. The van der Waals surface area contributed by atoms with Gasteiger partial charge in [-0.2, -0.15) is 0 Å². The number of methoxy groups -OCH3 is 2. The molecule has 0 atom stereocenters. The first-order valence-electron chi connectivity index (χ1n) is 6.57. The van der Waals surface area contributed by atoms with E-state index < -0.39 is 5.97 Å². The van der Waals surface area contributed by atoms with Gasteiger partial charge in [-0.25, -0.2) is 14.8 Å². The second-order valence-electron chi connectivity index (χ2n) is 4.20. The standard InChI is InChI=1S/C14H15N3O5S/c1-20-5-6-22-11-7-9(3-4-15-11)12(18)17-14-16-8-10(23-14)13(19)21-2/h3-4,7-8H,5-6H2,1-2H3,(H,16,17,18). The molecule has 1 N–H and O–H groups in total. The first kappa shape index (κ1) is 16.8. The van der Waals surface area contributed by atoms with Gasteiger partial charge in [-0.1, -0.05) is 11.3 Å². The number of nitrogens with one attached hydrogen (secondary N) is 1. The van der Waals surface area contributed by atoms with Gasteiger partial charge in [0.2, 0.25) is 5.88 Å². The van der Waals surface area contributed by atoms with Crippen molar-refractivity contribution in [1.82, 2.24) is 9.97 Å². The van der Waals surface area contributed by atoms with E-state index in [-0.39, 0.29) is 5.91 Å². The van der Waals surface area contributed by atoms with E-state index in [1.807, 2.05) is 0 Å². The van der Waals surface area contributed by atoms with Crippen LogP contribution in [0.3, 0.4) is 0 Å². The molecule has 0 bridgehead atoms. The topological polar surface area (TPSA) is 99.6 Å². The molecule has 9 heteroatoms. The van der Waals surface area contributed by atoms with Gasteiger partial charge in [0.25, 0.3) is 5.91 Å². The highest BCUT2D eigenvalue weighted by molar-refractivity contribution is 7.17. The first-order chi connectivity index (χ1) is 11.1. The Labute approximate surface area is 136 Å². The number of aromatic nitrogens is 2. The summed E-state index contributed by atoms with van der Waals surface area (Å²) in [5.74, 6) is -0.556. The van der Waals surface area contributed by atoms with E-state index in [4.69, 9.17) is 9.47 Å². The molecule has 0 aliphatic heterocycles. The van der Waals surface area contributed by atoms with Crippen LogP contribution in [-0.4, -0.2) is 49.3 Å². The second-order valence-corrected chi connectivity index (χ2v) is 5.23. The molecule has 2 aromatic rings. The molecule has 0 saturated heterocycles. The van der Waals surface area contributed by atoms with Crippen molar-refractivity contribution in [3.63, 3.8) is 0 Å². The Kier molecular flexibility index (Phi) is 6.01. The molecule has 2 aromatic heterocycles. The Morgan fingerprint density at radius 2 is 2.09 bits per heavy atom. The zero-order chi connectivity index (χ0) is 16.7. The highest BCUT2D eigenvalue weighted by Gasteiger charge is 2.14. The first-order valence-corrected chi connectivity index (χ1v) is 7.39. The minimum atomic E-state index is -0.499. The summed E-state index contributed by atoms with van der Waals surface area (Å²) in [6, 6.07) is 3.06. The summed E-state index contributed by atoms with van der Waals surface area (Å²) in [5.41, 5.74) is 0.363. The minimum Gasteiger partial charge on any atom is -0.475 e. The van der Waals surface area contributed by atoms with E-state index in [2.05, 4.69) is 20.0 Å². The van der Waals surface area contributed by atoms with Crippen LogP contribution in [0, 0.1) is 0 Å². The SMILES string of the molecule is COCCOc1cc(C(=O)Nc2ncc(C(=O)OC)s2)ccn1. The van der Waals surface area contributed by atoms with Gasteiger partial charge >= 0.3 is 5.97 Å². The molecule has 8 nitrogen and oxygen atoms in total. The third-order valence-electron chi connectivity index (χ3n) is 2.65. The summed E-state index contributed by atoms with van der Waals surface area (Å²) < 4.78 is 14.8. The van der Waals surface area contributed by atoms with Crippen LogP contribution < -0.4 is 10.1 Å². The zero-order valence-corrected chi connectivity index (χ0v) is 13.4. The number of rotatable bonds is 7. The van der Waals surface area contributed by atoms with Gasteiger partial charge in [0.1, 0.15) is 11.5 Å². The van der Waals surface area contributed by atoms with Gasteiger partial charge in [-0.15, -0.1) is 0 Å². The fraction of sp³-hybridized carbons (Fsp3) is 0.286. The van der Waals surface area contributed by atoms with Gasteiger partial charge in [0, 0.05) is 24.9 Å². The number of carbonyl (C=O) groups excluding carboxylic acids is 2. The largest absolute Gasteiger partial charge is 0.475 e.